The largest absolute Gasteiger partial charge is 0.293 e. The Bertz CT molecular complexity index is 1120. The number of nitrogens with zero attached hydrogens (tertiary/aromatic N) is 1. The summed E-state index contributed by atoms with van der Waals surface area (Å²) in [4.78, 5) is 25.7. The van der Waals surface area contributed by atoms with Crippen LogP contribution in [0.1, 0.15) is 37.4 Å². The van der Waals surface area contributed by atoms with E-state index in [9.17, 15) is 18.0 Å². The minimum Gasteiger partial charge on any atom is -0.293 e. The molecule has 0 aliphatic heterocycles. The Balaban J connectivity index is 1.93. The van der Waals surface area contributed by atoms with Crippen molar-refractivity contribution in [1.29, 1.82) is 0 Å². The number of rotatable bonds is 8. The van der Waals surface area contributed by atoms with Gasteiger partial charge in [0.05, 0.1) is 18.0 Å². The molecular weight excluding hydrogens is 410 g/mol. The molecule has 160 valence electrons. The van der Waals surface area contributed by atoms with Gasteiger partial charge in [0.15, 0.2) is 11.6 Å². The van der Waals surface area contributed by atoms with Gasteiger partial charge in [0.2, 0.25) is 10.0 Å². The number of benzene rings is 3. The van der Waals surface area contributed by atoms with Gasteiger partial charge in [0.25, 0.3) is 0 Å². The first-order chi connectivity index (χ1) is 14.7. The molecule has 0 bridgehead atoms. The smallest absolute Gasteiger partial charge is 0.243 e. The van der Waals surface area contributed by atoms with E-state index < -0.39 is 23.1 Å². The highest BCUT2D eigenvalue weighted by atomic mass is 32.2. The van der Waals surface area contributed by atoms with E-state index in [1.54, 1.807) is 60.7 Å². The van der Waals surface area contributed by atoms with Crippen LogP contribution in [0.25, 0.3) is 0 Å². The second kappa shape index (κ2) is 9.37. The highest BCUT2D eigenvalue weighted by Gasteiger charge is 2.29. The Morgan fingerprint density at radius 2 is 0.935 bits per heavy atom. The zero-order valence-electron chi connectivity index (χ0n) is 17.8. The maximum atomic E-state index is 13.3. The lowest BCUT2D eigenvalue weighted by Crippen LogP contribution is -2.39. The van der Waals surface area contributed by atoms with Crippen LogP contribution in [0, 0.1) is 20.8 Å². The number of hydrogen-bond donors (Lipinski definition) is 0. The number of ketones is 2. The van der Waals surface area contributed by atoms with E-state index in [-0.39, 0.29) is 16.5 Å². The monoisotopic (exact) mass is 435 g/mol. The van der Waals surface area contributed by atoms with E-state index in [1.165, 1.54) is 12.1 Å². The highest BCUT2D eigenvalue weighted by molar-refractivity contribution is 7.89. The molecule has 3 rings (SSSR count). The summed E-state index contributed by atoms with van der Waals surface area (Å²) >= 11 is 0. The molecule has 0 saturated heterocycles. The van der Waals surface area contributed by atoms with Crippen LogP contribution in [0.2, 0.25) is 0 Å². The van der Waals surface area contributed by atoms with Gasteiger partial charge in [-0.2, -0.15) is 4.31 Å². The summed E-state index contributed by atoms with van der Waals surface area (Å²) < 4.78 is 27.6. The summed E-state index contributed by atoms with van der Waals surface area (Å²) in [6.45, 7) is 4.83. The van der Waals surface area contributed by atoms with Gasteiger partial charge in [-0.3, -0.25) is 9.59 Å². The molecular formula is C25H25NO4S. The van der Waals surface area contributed by atoms with E-state index in [4.69, 9.17) is 0 Å². The number of sulfonamides is 1. The van der Waals surface area contributed by atoms with Crippen LogP contribution in [0.15, 0.2) is 77.7 Å². The number of hydrogen-bond acceptors (Lipinski definition) is 4. The third-order valence-electron chi connectivity index (χ3n) is 5.05. The molecule has 0 fully saturated rings. The Hall–Kier alpha value is -3.09. The van der Waals surface area contributed by atoms with Crippen molar-refractivity contribution in [3.63, 3.8) is 0 Å². The fraction of sp³-hybridized carbons (Fsp3) is 0.200. The van der Waals surface area contributed by atoms with Gasteiger partial charge in [-0.1, -0.05) is 77.4 Å². The summed E-state index contributed by atoms with van der Waals surface area (Å²) in [6.07, 6.45) is 0. The molecule has 0 heterocycles. The lowest BCUT2D eigenvalue weighted by atomic mass is 10.1. The topological polar surface area (TPSA) is 71.5 Å². The van der Waals surface area contributed by atoms with Crippen LogP contribution in [-0.4, -0.2) is 37.4 Å². The van der Waals surface area contributed by atoms with Gasteiger partial charge < -0.3 is 0 Å². The van der Waals surface area contributed by atoms with Crippen LogP contribution in [-0.2, 0) is 10.0 Å². The van der Waals surface area contributed by atoms with Gasteiger partial charge in [0, 0.05) is 11.1 Å². The third kappa shape index (κ3) is 5.54. The average Bonchev–Trinajstić information content (AvgIpc) is 2.74. The van der Waals surface area contributed by atoms with Crippen LogP contribution in [0.3, 0.4) is 0 Å². The Morgan fingerprint density at radius 1 is 0.613 bits per heavy atom. The van der Waals surface area contributed by atoms with Crippen molar-refractivity contribution < 1.29 is 18.0 Å². The molecule has 6 heteroatoms. The van der Waals surface area contributed by atoms with Crippen molar-refractivity contribution in [2.45, 2.75) is 25.7 Å². The molecule has 0 spiro atoms. The molecule has 5 nitrogen and oxygen atoms in total. The van der Waals surface area contributed by atoms with Crippen molar-refractivity contribution in [1.82, 2.24) is 4.31 Å². The maximum absolute atomic E-state index is 13.3. The van der Waals surface area contributed by atoms with E-state index in [0.29, 0.717) is 11.1 Å². The van der Waals surface area contributed by atoms with Crippen LogP contribution in [0.5, 0.6) is 0 Å². The number of carbonyl (C=O) groups excluding carboxylic acids is 2. The molecule has 3 aromatic carbocycles. The SMILES string of the molecule is Cc1ccc(C(=O)CN(CC(=O)c2ccc(C)cc2)S(=O)(=O)c2ccc(C)cc2)cc1. The second-order valence-electron chi connectivity index (χ2n) is 7.66. The van der Waals surface area contributed by atoms with Gasteiger partial charge >= 0.3 is 0 Å². The Kier molecular flexibility index (Phi) is 6.83. The lowest BCUT2D eigenvalue weighted by Gasteiger charge is -2.21. The standard InChI is InChI=1S/C25H25NO4S/c1-18-4-10-21(11-5-18)24(27)16-26(17-25(28)22-12-6-19(2)7-13-22)31(29,30)23-14-8-20(3)9-15-23/h4-15H,16-17H2,1-3H3. The fourth-order valence-electron chi connectivity index (χ4n) is 3.07. The lowest BCUT2D eigenvalue weighted by molar-refractivity contribution is 0.0927. The zero-order chi connectivity index (χ0) is 22.6. The predicted molar refractivity (Wildman–Crippen MR) is 121 cm³/mol. The minimum atomic E-state index is -4.05. The minimum absolute atomic E-state index is 0.0477. The number of aryl methyl sites for hydroxylation is 3. The van der Waals surface area contributed by atoms with Gasteiger partial charge in [-0.05, 0) is 32.9 Å². The van der Waals surface area contributed by atoms with E-state index in [0.717, 1.165) is 21.0 Å². The summed E-state index contributed by atoms with van der Waals surface area (Å²) in [7, 11) is -4.05. The van der Waals surface area contributed by atoms with Crippen molar-refractivity contribution in [2.75, 3.05) is 13.1 Å². The first kappa shape index (κ1) is 22.6. The first-order valence-corrected chi connectivity index (χ1v) is 11.4. The van der Waals surface area contributed by atoms with Gasteiger partial charge in [0.1, 0.15) is 0 Å². The average molecular weight is 436 g/mol. The van der Waals surface area contributed by atoms with Crippen molar-refractivity contribution in [3.8, 4) is 0 Å². The Labute approximate surface area is 183 Å². The molecule has 0 aliphatic rings. The molecule has 0 unspecified atom stereocenters. The highest BCUT2D eigenvalue weighted by Crippen LogP contribution is 2.18. The predicted octanol–water partition coefficient (Wildman–Crippen LogP) is 4.37. The van der Waals surface area contributed by atoms with Crippen molar-refractivity contribution in [3.05, 3.63) is 101 Å². The molecule has 0 saturated carbocycles. The summed E-state index contributed by atoms with van der Waals surface area (Å²) in [6, 6.07) is 20.2. The van der Waals surface area contributed by atoms with Crippen LogP contribution < -0.4 is 0 Å². The molecule has 0 amide bonds. The van der Waals surface area contributed by atoms with E-state index in [1.807, 2.05) is 20.8 Å². The first-order valence-electron chi connectivity index (χ1n) is 9.93. The van der Waals surface area contributed by atoms with Crippen molar-refractivity contribution in [2.24, 2.45) is 0 Å². The quantitative estimate of drug-likeness (QED) is 0.493. The molecule has 0 aliphatic carbocycles. The summed E-state index contributed by atoms with van der Waals surface area (Å²) in [5.41, 5.74) is 3.71. The molecule has 0 radical (unpaired) electrons. The zero-order valence-corrected chi connectivity index (χ0v) is 18.6. The Morgan fingerprint density at radius 3 is 1.29 bits per heavy atom. The maximum Gasteiger partial charge on any atom is 0.243 e. The molecule has 3 aromatic rings. The number of carbonyl (C=O) groups is 2. The van der Waals surface area contributed by atoms with E-state index >= 15 is 0 Å². The molecule has 0 aromatic heterocycles. The van der Waals surface area contributed by atoms with Crippen molar-refractivity contribution >= 4 is 21.6 Å². The molecule has 0 N–H and O–H groups in total. The van der Waals surface area contributed by atoms with E-state index in [2.05, 4.69) is 0 Å². The van der Waals surface area contributed by atoms with Crippen LogP contribution in [0.4, 0.5) is 0 Å². The normalized spacial score (nSPS) is 11.5. The number of Topliss-reactive ketones (excluding diaryl/α,β-unsaturated/α-hetero) is 2. The summed E-state index contributed by atoms with van der Waals surface area (Å²) in [5.74, 6) is -0.736. The third-order valence-corrected chi connectivity index (χ3v) is 6.85. The fourth-order valence-corrected chi connectivity index (χ4v) is 4.42. The van der Waals surface area contributed by atoms with Gasteiger partial charge in [-0.15, -0.1) is 0 Å². The second-order valence-corrected chi connectivity index (χ2v) is 9.60. The molecule has 31 heavy (non-hydrogen) atoms. The molecule has 0 atom stereocenters. The van der Waals surface area contributed by atoms with Crippen LogP contribution >= 0.6 is 0 Å². The van der Waals surface area contributed by atoms with Gasteiger partial charge in [-0.25, -0.2) is 8.42 Å². The summed E-state index contributed by atoms with van der Waals surface area (Å²) in [5, 5.41) is 0.